The van der Waals surface area contributed by atoms with Gasteiger partial charge in [0, 0.05) is 11.9 Å². The fraction of sp³-hybridized carbons (Fsp3) is 0.455. The molecule has 0 bridgehead atoms. The monoisotopic (exact) mass is 243 g/mol. The number of benzene rings is 1. The van der Waals surface area contributed by atoms with Crippen molar-refractivity contribution in [3.63, 3.8) is 0 Å². The van der Waals surface area contributed by atoms with Crippen LogP contribution in [0.3, 0.4) is 0 Å². The molecule has 4 nitrogen and oxygen atoms in total. The van der Waals surface area contributed by atoms with Gasteiger partial charge in [0.2, 0.25) is 0 Å². The molecule has 2 atom stereocenters. The average molecular weight is 243 g/mol. The normalized spacial score (nSPS) is 15.7. The lowest BCUT2D eigenvalue weighted by Crippen LogP contribution is -2.26. The molecular weight excluding hydrogens is 226 g/mol. The number of nitrogens with two attached hydrogens (primary N) is 1. The molecular formula is C11H17NO3S. The zero-order chi connectivity index (χ0) is 12.3. The molecule has 0 aliphatic heterocycles. The zero-order valence-electron chi connectivity index (χ0n) is 9.42. The molecule has 16 heavy (non-hydrogen) atoms. The Morgan fingerprint density at radius 2 is 1.81 bits per heavy atom. The maximum absolute atomic E-state index is 11.5. The van der Waals surface area contributed by atoms with Crippen LogP contribution >= 0.6 is 0 Å². The Balaban J connectivity index is 3.00. The molecule has 1 aromatic carbocycles. The van der Waals surface area contributed by atoms with E-state index >= 15 is 0 Å². The van der Waals surface area contributed by atoms with Gasteiger partial charge in [0.25, 0.3) is 0 Å². The highest BCUT2D eigenvalue weighted by atomic mass is 32.2. The van der Waals surface area contributed by atoms with Crippen LogP contribution in [0, 0.1) is 0 Å². The molecule has 0 fully saturated rings. The second kappa shape index (κ2) is 4.84. The molecule has 2 unspecified atom stereocenters. The van der Waals surface area contributed by atoms with Crippen LogP contribution < -0.4 is 5.73 Å². The molecule has 0 heterocycles. The number of rotatable bonds is 4. The lowest BCUT2D eigenvalue weighted by atomic mass is 10.0. The molecule has 3 N–H and O–H groups in total. The Bertz CT molecular complexity index is 439. The smallest absolute Gasteiger partial charge is 0.153 e. The maximum atomic E-state index is 11.5. The topological polar surface area (TPSA) is 80.4 Å². The van der Waals surface area contributed by atoms with Crippen molar-refractivity contribution in [2.75, 3.05) is 12.0 Å². The fourth-order valence-corrected chi connectivity index (χ4v) is 2.90. The van der Waals surface area contributed by atoms with Crippen LogP contribution in [-0.2, 0) is 9.84 Å². The van der Waals surface area contributed by atoms with Gasteiger partial charge in [0.1, 0.15) is 0 Å². The minimum Gasteiger partial charge on any atom is -0.399 e. The molecule has 0 amide bonds. The first kappa shape index (κ1) is 13.0. The number of nitrogen functional groups attached to an aromatic ring is 1. The van der Waals surface area contributed by atoms with Crippen molar-refractivity contribution in [3.8, 4) is 0 Å². The van der Waals surface area contributed by atoms with Crippen molar-refractivity contribution >= 4 is 15.5 Å². The Morgan fingerprint density at radius 3 is 2.19 bits per heavy atom. The highest BCUT2D eigenvalue weighted by molar-refractivity contribution is 7.91. The molecule has 0 spiro atoms. The van der Waals surface area contributed by atoms with E-state index in [1.54, 1.807) is 31.2 Å². The maximum Gasteiger partial charge on any atom is 0.153 e. The SMILES string of the molecule is CCC(C(O)c1ccc(N)cc1)S(C)(=O)=O. The predicted molar refractivity (Wildman–Crippen MR) is 64.7 cm³/mol. The summed E-state index contributed by atoms with van der Waals surface area (Å²) in [6.45, 7) is 1.74. The van der Waals surface area contributed by atoms with E-state index in [-0.39, 0.29) is 0 Å². The second-order valence-electron chi connectivity index (χ2n) is 3.89. The van der Waals surface area contributed by atoms with Gasteiger partial charge in [-0.1, -0.05) is 19.1 Å². The Morgan fingerprint density at radius 1 is 1.31 bits per heavy atom. The van der Waals surface area contributed by atoms with E-state index in [9.17, 15) is 13.5 Å². The molecule has 0 saturated heterocycles. The molecule has 5 heteroatoms. The van der Waals surface area contributed by atoms with E-state index in [0.717, 1.165) is 6.26 Å². The third-order valence-electron chi connectivity index (χ3n) is 2.58. The number of aliphatic hydroxyl groups excluding tert-OH is 1. The largest absolute Gasteiger partial charge is 0.399 e. The zero-order valence-corrected chi connectivity index (χ0v) is 10.2. The summed E-state index contributed by atoms with van der Waals surface area (Å²) in [7, 11) is -3.25. The molecule has 0 aliphatic rings. The average Bonchev–Trinajstić information content (AvgIpc) is 2.17. The summed E-state index contributed by atoms with van der Waals surface area (Å²) in [6.07, 6.45) is 0.520. The van der Waals surface area contributed by atoms with Crippen LogP contribution in [0.25, 0.3) is 0 Å². The van der Waals surface area contributed by atoms with Gasteiger partial charge in [-0.15, -0.1) is 0 Å². The van der Waals surface area contributed by atoms with E-state index in [2.05, 4.69) is 0 Å². The quantitative estimate of drug-likeness (QED) is 0.777. The van der Waals surface area contributed by atoms with E-state index in [1.807, 2.05) is 0 Å². The van der Waals surface area contributed by atoms with Gasteiger partial charge in [-0.2, -0.15) is 0 Å². The molecule has 0 radical (unpaired) electrons. The number of sulfone groups is 1. The van der Waals surface area contributed by atoms with Crippen molar-refractivity contribution < 1.29 is 13.5 Å². The summed E-state index contributed by atoms with van der Waals surface area (Å²) in [5.74, 6) is 0. The number of hydrogen-bond acceptors (Lipinski definition) is 4. The van der Waals surface area contributed by atoms with Crippen LogP contribution in [0.5, 0.6) is 0 Å². The van der Waals surface area contributed by atoms with Crippen LogP contribution in [0.4, 0.5) is 5.69 Å². The van der Waals surface area contributed by atoms with Gasteiger partial charge in [0.15, 0.2) is 9.84 Å². The standard InChI is InChI=1S/C11H17NO3S/c1-3-10(16(2,14)15)11(13)8-4-6-9(12)7-5-8/h4-7,10-11,13H,3,12H2,1-2H3. The van der Waals surface area contributed by atoms with Gasteiger partial charge in [0.05, 0.1) is 11.4 Å². The summed E-state index contributed by atoms with van der Waals surface area (Å²) >= 11 is 0. The molecule has 90 valence electrons. The molecule has 1 rings (SSSR count). The van der Waals surface area contributed by atoms with Crippen LogP contribution in [0.15, 0.2) is 24.3 Å². The minimum absolute atomic E-state index is 0.379. The molecule has 0 saturated carbocycles. The Hall–Kier alpha value is -1.07. The van der Waals surface area contributed by atoms with Crippen molar-refractivity contribution in [1.82, 2.24) is 0 Å². The number of anilines is 1. The van der Waals surface area contributed by atoms with Crippen LogP contribution in [-0.4, -0.2) is 25.0 Å². The third-order valence-corrected chi connectivity index (χ3v) is 4.27. The van der Waals surface area contributed by atoms with Crippen molar-refractivity contribution in [2.45, 2.75) is 24.7 Å². The summed E-state index contributed by atoms with van der Waals surface area (Å²) < 4.78 is 22.9. The minimum atomic E-state index is -3.25. The number of hydrogen-bond donors (Lipinski definition) is 2. The third kappa shape index (κ3) is 2.96. The van der Waals surface area contributed by atoms with E-state index < -0.39 is 21.2 Å². The van der Waals surface area contributed by atoms with Gasteiger partial charge in [-0.05, 0) is 24.1 Å². The first-order valence-corrected chi connectivity index (χ1v) is 7.04. The molecule has 0 aliphatic carbocycles. The van der Waals surface area contributed by atoms with Crippen molar-refractivity contribution in [1.29, 1.82) is 0 Å². The van der Waals surface area contributed by atoms with Crippen LogP contribution in [0.1, 0.15) is 25.0 Å². The second-order valence-corrected chi connectivity index (χ2v) is 6.15. The lowest BCUT2D eigenvalue weighted by molar-refractivity contribution is 0.169. The first-order chi connectivity index (χ1) is 7.36. The Kier molecular flexibility index (Phi) is 3.93. The first-order valence-electron chi connectivity index (χ1n) is 5.08. The van der Waals surface area contributed by atoms with Gasteiger partial charge < -0.3 is 10.8 Å². The van der Waals surface area contributed by atoms with Gasteiger partial charge >= 0.3 is 0 Å². The highest BCUT2D eigenvalue weighted by Gasteiger charge is 2.28. The van der Waals surface area contributed by atoms with Gasteiger partial charge in [-0.25, -0.2) is 8.42 Å². The summed E-state index contributed by atoms with van der Waals surface area (Å²) in [4.78, 5) is 0. The lowest BCUT2D eigenvalue weighted by Gasteiger charge is -2.20. The molecule has 0 aromatic heterocycles. The summed E-state index contributed by atoms with van der Waals surface area (Å²) in [5, 5.41) is 9.22. The van der Waals surface area contributed by atoms with Crippen LogP contribution in [0.2, 0.25) is 0 Å². The van der Waals surface area contributed by atoms with Crippen molar-refractivity contribution in [3.05, 3.63) is 29.8 Å². The summed E-state index contributed by atoms with van der Waals surface area (Å²) in [6, 6.07) is 6.59. The highest BCUT2D eigenvalue weighted by Crippen LogP contribution is 2.24. The van der Waals surface area contributed by atoms with E-state index in [4.69, 9.17) is 5.73 Å². The van der Waals surface area contributed by atoms with E-state index in [1.165, 1.54) is 0 Å². The van der Waals surface area contributed by atoms with Crippen molar-refractivity contribution in [2.24, 2.45) is 0 Å². The Labute approximate surface area is 96.0 Å². The molecule has 1 aromatic rings. The summed E-state index contributed by atoms with van der Waals surface area (Å²) in [5.41, 5.74) is 6.68. The van der Waals surface area contributed by atoms with Gasteiger partial charge in [-0.3, -0.25) is 0 Å². The predicted octanol–water partition coefficient (Wildman–Crippen LogP) is 1.13. The number of aliphatic hydroxyl groups is 1. The fourth-order valence-electron chi connectivity index (χ4n) is 1.67. The van der Waals surface area contributed by atoms with E-state index in [0.29, 0.717) is 17.7 Å².